The van der Waals surface area contributed by atoms with Gasteiger partial charge in [0.15, 0.2) is 11.6 Å². The molecule has 4 rings (SSSR count). The highest BCUT2D eigenvalue weighted by atomic mass is 79.9. The third-order valence-electron chi connectivity index (χ3n) is 4.69. The zero-order valence-corrected chi connectivity index (χ0v) is 15.7. The molecule has 0 bridgehead atoms. The van der Waals surface area contributed by atoms with Gasteiger partial charge in [0.1, 0.15) is 5.58 Å². The molecule has 6 nitrogen and oxygen atoms in total. The van der Waals surface area contributed by atoms with Crippen molar-refractivity contribution in [1.82, 2.24) is 15.0 Å². The molecule has 3 aromatic rings. The molecule has 2 aromatic heterocycles. The van der Waals surface area contributed by atoms with E-state index in [4.69, 9.17) is 8.94 Å². The Kier molecular flexibility index (Phi) is 4.11. The summed E-state index contributed by atoms with van der Waals surface area (Å²) in [7, 11) is 0. The highest BCUT2D eigenvalue weighted by molar-refractivity contribution is 9.10. The van der Waals surface area contributed by atoms with Crippen LogP contribution in [-0.4, -0.2) is 34.0 Å². The Hall–Kier alpha value is -2.15. The van der Waals surface area contributed by atoms with Gasteiger partial charge in [-0.05, 0) is 44.9 Å². The molecule has 1 saturated heterocycles. The summed E-state index contributed by atoms with van der Waals surface area (Å²) >= 11 is 3.46. The highest BCUT2D eigenvalue weighted by Gasteiger charge is 2.31. The molecule has 1 amide bonds. The highest BCUT2D eigenvalue weighted by Crippen LogP contribution is 2.31. The van der Waals surface area contributed by atoms with Gasteiger partial charge < -0.3 is 13.8 Å². The number of fused-ring (bicyclic) bond motifs is 1. The molecule has 1 unspecified atom stereocenters. The average molecular weight is 404 g/mol. The fraction of sp³-hybridized carbons (Fsp3) is 0.389. The number of aryl methyl sites for hydroxylation is 2. The van der Waals surface area contributed by atoms with Crippen molar-refractivity contribution in [2.75, 3.05) is 13.1 Å². The van der Waals surface area contributed by atoms with Crippen molar-refractivity contribution in [2.24, 2.45) is 0 Å². The zero-order valence-electron chi connectivity index (χ0n) is 14.1. The van der Waals surface area contributed by atoms with Crippen LogP contribution >= 0.6 is 15.9 Å². The third-order valence-corrected chi connectivity index (χ3v) is 5.19. The summed E-state index contributed by atoms with van der Waals surface area (Å²) in [6.07, 6.45) is 1.85. The van der Waals surface area contributed by atoms with Crippen LogP contribution in [0.1, 0.15) is 46.6 Å². The summed E-state index contributed by atoms with van der Waals surface area (Å²) in [6, 6.07) is 5.77. The van der Waals surface area contributed by atoms with Crippen LogP contribution < -0.4 is 0 Å². The number of hydrogen-bond donors (Lipinski definition) is 0. The van der Waals surface area contributed by atoms with Crippen molar-refractivity contribution in [2.45, 2.75) is 32.6 Å². The second-order valence-corrected chi connectivity index (χ2v) is 7.38. The number of furan rings is 1. The Balaban J connectivity index is 1.61. The summed E-state index contributed by atoms with van der Waals surface area (Å²) in [6.45, 7) is 5.01. The van der Waals surface area contributed by atoms with E-state index < -0.39 is 0 Å². The molecule has 0 radical (unpaired) electrons. The molecule has 0 saturated carbocycles. The van der Waals surface area contributed by atoms with Gasteiger partial charge in [0.05, 0.1) is 5.92 Å². The topological polar surface area (TPSA) is 72.4 Å². The van der Waals surface area contributed by atoms with Gasteiger partial charge in [-0.3, -0.25) is 4.79 Å². The first-order chi connectivity index (χ1) is 12.0. The van der Waals surface area contributed by atoms with Crippen LogP contribution in [0.4, 0.5) is 0 Å². The fourth-order valence-corrected chi connectivity index (χ4v) is 3.74. The van der Waals surface area contributed by atoms with Crippen LogP contribution in [0.15, 0.2) is 31.6 Å². The fourth-order valence-electron chi connectivity index (χ4n) is 3.38. The maximum absolute atomic E-state index is 13.0. The van der Waals surface area contributed by atoms with E-state index in [0.717, 1.165) is 33.8 Å². The largest absolute Gasteiger partial charge is 0.451 e. The third kappa shape index (κ3) is 2.97. The molecule has 0 N–H and O–H groups in total. The monoisotopic (exact) mass is 403 g/mol. The first kappa shape index (κ1) is 16.3. The molecule has 1 aliphatic heterocycles. The Morgan fingerprint density at radius 2 is 2.20 bits per heavy atom. The van der Waals surface area contributed by atoms with E-state index >= 15 is 0 Å². The molecule has 1 aromatic carbocycles. The Morgan fingerprint density at radius 1 is 1.36 bits per heavy atom. The van der Waals surface area contributed by atoms with E-state index in [0.29, 0.717) is 30.6 Å². The first-order valence-electron chi connectivity index (χ1n) is 8.31. The van der Waals surface area contributed by atoms with Gasteiger partial charge >= 0.3 is 0 Å². The zero-order chi connectivity index (χ0) is 17.6. The van der Waals surface area contributed by atoms with Crippen molar-refractivity contribution in [3.8, 4) is 0 Å². The van der Waals surface area contributed by atoms with Gasteiger partial charge in [0.25, 0.3) is 5.91 Å². The van der Waals surface area contributed by atoms with Gasteiger partial charge in [-0.25, -0.2) is 0 Å². The van der Waals surface area contributed by atoms with Gasteiger partial charge in [0.2, 0.25) is 5.89 Å². The number of rotatable bonds is 2. The standard InChI is InChI=1S/C18H18BrN3O3/c1-10-14-8-13(19)5-6-15(14)24-16(10)18(23)22-7-3-4-12(9-22)17-20-11(2)21-25-17/h5-6,8,12H,3-4,7,9H2,1-2H3. The Bertz CT molecular complexity index is 946. The summed E-state index contributed by atoms with van der Waals surface area (Å²) in [5.74, 6) is 1.65. The number of piperidine rings is 1. The number of nitrogens with zero attached hydrogens (tertiary/aromatic N) is 3. The van der Waals surface area contributed by atoms with Gasteiger partial charge in [-0.1, -0.05) is 21.1 Å². The van der Waals surface area contributed by atoms with Crippen molar-refractivity contribution in [1.29, 1.82) is 0 Å². The number of likely N-dealkylation sites (tertiary alicyclic amines) is 1. The van der Waals surface area contributed by atoms with E-state index in [-0.39, 0.29) is 11.8 Å². The number of aromatic nitrogens is 2. The molecule has 1 atom stereocenters. The summed E-state index contributed by atoms with van der Waals surface area (Å²) in [4.78, 5) is 19.2. The second kappa shape index (κ2) is 6.29. The summed E-state index contributed by atoms with van der Waals surface area (Å²) < 4.78 is 12.1. The Labute approximate surface area is 153 Å². The maximum Gasteiger partial charge on any atom is 0.289 e. The minimum atomic E-state index is -0.0780. The number of hydrogen-bond acceptors (Lipinski definition) is 5. The molecule has 3 heterocycles. The molecule has 1 fully saturated rings. The number of benzene rings is 1. The molecule has 25 heavy (non-hydrogen) atoms. The van der Waals surface area contributed by atoms with Crippen LogP contribution in [0, 0.1) is 13.8 Å². The molecule has 7 heteroatoms. The maximum atomic E-state index is 13.0. The van der Waals surface area contributed by atoms with Crippen molar-refractivity contribution < 1.29 is 13.7 Å². The molecule has 0 spiro atoms. The van der Waals surface area contributed by atoms with E-state index in [1.165, 1.54) is 0 Å². The Morgan fingerprint density at radius 3 is 2.96 bits per heavy atom. The van der Waals surface area contributed by atoms with E-state index in [1.54, 1.807) is 6.92 Å². The smallest absolute Gasteiger partial charge is 0.289 e. The van der Waals surface area contributed by atoms with Gasteiger partial charge in [-0.2, -0.15) is 4.98 Å². The second-order valence-electron chi connectivity index (χ2n) is 6.47. The van der Waals surface area contributed by atoms with Crippen LogP contribution in [0.3, 0.4) is 0 Å². The average Bonchev–Trinajstić information content (AvgIpc) is 3.19. The minimum Gasteiger partial charge on any atom is -0.451 e. The van der Waals surface area contributed by atoms with Crippen LogP contribution in [0.2, 0.25) is 0 Å². The lowest BCUT2D eigenvalue weighted by Gasteiger charge is -2.30. The molecular weight excluding hydrogens is 386 g/mol. The van der Waals surface area contributed by atoms with Crippen LogP contribution in [0.25, 0.3) is 11.0 Å². The van der Waals surface area contributed by atoms with E-state index in [9.17, 15) is 4.79 Å². The molecule has 1 aliphatic rings. The van der Waals surface area contributed by atoms with E-state index in [1.807, 2.05) is 30.0 Å². The SMILES string of the molecule is Cc1noc(C2CCCN(C(=O)c3oc4ccc(Br)cc4c3C)C2)n1. The number of halogens is 1. The predicted molar refractivity (Wildman–Crippen MR) is 95.6 cm³/mol. The van der Waals surface area contributed by atoms with E-state index in [2.05, 4.69) is 26.1 Å². The molecule has 0 aliphatic carbocycles. The summed E-state index contributed by atoms with van der Waals surface area (Å²) in [5, 5.41) is 4.82. The normalized spacial score (nSPS) is 18.0. The number of amides is 1. The number of carbonyl (C=O) groups excluding carboxylic acids is 1. The van der Waals surface area contributed by atoms with Crippen LogP contribution in [-0.2, 0) is 0 Å². The quantitative estimate of drug-likeness (QED) is 0.640. The lowest BCUT2D eigenvalue weighted by molar-refractivity contribution is 0.0665. The van der Waals surface area contributed by atoms with Crippen molar-refractivity contribution >= 4 is 32.8 Å². The number of carbonyl (C=O) groups is 1. The van der Waals surface area contributed by atoms with Gasteiger partial charge in [-0.15, -0.1) is 0 Å². The van der Waals surface area contributed by atoms with Crippen molar-refractivity contribution in [3.05, 3.63) is 45.7 Å². The van der Waals surface area contributed by atoms with Crippen molar-refractivity contribution in [3.63, 3.8) is 0 Å². The first-order valence-corrected chi connectivity index (χ1v) is 9.10. The molecular formula is C18H18BrN3O3. The van der Waals surface area contributed by atoms with Gasteiger partial charge in [0, 0.05) is 28.5 Å². The molecule has 130 valence electrons. The summed E-state index contributed by atoms with van der Waals surface area (Å²) in [5.41, 5.74) is 1.60. The van der Waals surface area contributed by atoms with Crippen LogP contribution in [0.5, 0.6) is 0 Å². The lowest BCUT2D eigenvalue weighted by atomic mass is 9.97. The lowest BCUT2D eigenvalue weighted by Crippen LogP contribution is -2.39. The predicted octanol–water partition coefficient (Wildman–Crippen LogP) is 4.21. The minimum absolute atomic E-state index is 0.0780.